The monoisotopic (exact) mass is 229 g/mol. The van der Waals surface area contributed by atoms with Gasteiger partial charge in [-0.3, -0.25) is 0 Å². The third-order valence-electron chi connectivity index (χ3n) is 1.58. The molecule has 1 aromatic carbocycles. The highest BCUT2D eigenvalue weighted by molar-refractivity contribution is 9.10. The summed E-state index contributed by atoms with van der Waals surface area (Å²) in [6.07, 6.45) is 0. The fourth-order valence-corrected chi connectivity index (χ4v) is 1.43. The first-order valence-electron chi connectivity index (χ1n) is 3.49. The second-order valence-corrected chi connectivity index (χ2v) is 3.20. The van der Waals surface area contributed by atoms with Crippen molar-refractivity contribution in [3.63, 3.8) is 0 Å². The van der Waals surface area contributed by atoms with Crippen LogP contribution in [0.1, 0.15) is 5.56 Å². The van der Waals surface area contributed by atoms with Gasteiger partial charge in [-0.25, -0.2) is 4.39 Å². The normalized spacial score (nSPS) is 9.92. The first-order valence-corrected chi connectivity index (χ1v) is 4.28. The Kier molecular flexibility index (Phi) is 3.00. The Bertz CT molecular complexity index is 309. The summed E-state index contributed by atoms with van der Waals surface area (Å²) in [5.74, 6) is -0.290. The van der Waals surface area contributed by atoms with Gasteiger partial charge in [-0.15, -0.1) is 0 Å². The molecule has 3 heteroatoms. The summed E-state index contributed by atoms with van der Waals surface area (Å²) < 4.78 is 13.4. The van der Waals surface area contributed by atoms with E-state index >= 15 is 0 Å². The van der Waals surface area contributed by atoms with Crippen molar-refractivity contribution in [1.29, 1.82) is 0 Å². The van der Waals surface area contributed by atoms with Crippen LogP contribution in [0.5, 0.6) is 0 Å². The molecule has 1 aromatic rings. The third kappa shape index (κ3) is 1.73. The summed E-state index contributed by atoms with van der Waals surface area (Å²) in [4.78, 5) is 0. The van der Waals surface area contributed by atoms with Crippen LogP contribution in [0.3, 0.4) is 0 Å². The van der Waals surface area contributed by atoms with Gasteiger partial charge in [0.1, 0.15) is 5.82 Å². The van der Waals surface area contributed by atoms with Crippen molar-refractivity contribution in [1.82, 2.24) is 0 Å². The summed E-state index contributed by atoms with van der Waals surface area (Å²) in [5, 5.41) is 0. The molecule has 0 heterocycles. The number of hydrogen-bond donors (Lipinski definition) is 1. The molecule has 64 valence electrons. The molecule has 0 fully saturated rings. The predicted molar refractivity (Wildman–Crippen MR) is 52.2 cm³/mol. The number of hydrogen-bond acceptors (Lipinski definition) is 1. The average Bonchev–Trinajstić information content (AvgIpc) is 2.08. The summed E-state index contributed by atoms with van der Waals surface area (Å²) in [6, 6.07) is 4.80. The Morgan fingerprint density at radius 2 is 2.25 bits per heavy atom. The fourth-order valence-electron chi connectivity index (χ4n) is 0.887. The van der Waals surface area contributed by atoms with Gasteiger partial charge >= 0.3 is 0 Å². The van der Waals surface area contributed by atoms with Crippen LogP contribution >= 0.6 is 15.9 Å². The van der Waals surface area contributed by atoms with E-state index in [2.05, 4.69) is 22.5 Å². The zero-order valence-electron chi connectivity index (χ0n) is 6.48. The quantitative estimate of drug-likeness (QED) is 0.830. The number of nitrogens with two attached hydrogens (primary N) is 1. The standard InChI is InChI=1S/C9H9BrFN/c1-6(5-12)7-3-2-4-8(11)9(7)10/h2-4H,1,5,12H2. The van der Waals surface area contributed by atoms with Crippen molar-refractivity contribution in [2.45, 2.75) is 0 Å². The molecule has 1 nitrogen and oxygen atoms in total. The Balaban J connectivity index is 3.16. The van der Waals surface area contributed by atoms with E-state index in [-0.39, 0.29) is 5.82 Å². The fraction of sp³-hybridized carbons (Fsp3) is 0.111. The Hall–Kier alpha value is -0.670. The van der Waals surface area contributed by atoms with E-state index < -0.39 is 0 Å². The lowest BCUT2D eigenvalue weighted by molar-refractivity contribution is 0.620. The maximum absolute atomic E-state index is 12.9. The molecule has 0 aliphatic heterocycles. The van der Waals surface area contributed by atoms with E-state index in [1.807, 2.05) is 0 Å². The third-order valence-corrected chi connectivity index (χ3v) is 2.38. The highest BCUT2D eigenvalue weighted by atomic mass is 79.9. The molecule has 2 N–H and O–H groups in total. The van der Waals surface area contributed by atoms with Crippen molar-refractivity contribution >= 4 is 21.5 Å². The Morgan fingerprint density at radius 3 is 2.83 bits per heavy atom. The zero-order valence-corrected chi connectivity index (χ0v) is 8.07. The lowest BCUT2D eigenvalue weighted by Gasteiger charge is -2.05. The largest absolute Gasteiger partial charge is 0.326 e. The van der Waals surface area contributed by atoms with E-state index in [1.54, 1.807) is 12.1 Å². The number of benzene rings is 1. The molecule has 1 rings (SSSR count). The number of halogens is 2. The highest BCUT2D eigenvalue weighted by Gasteiger charge is 2.06. The first-order chi connectivity index (χ1) is 5.66. The molecule has 0 aliphatic carbocycles. The van der Waals surface area contributed by atoms with E-state index in [4.69, 9.17) is 5.73 Å². The molecule has 0 unspecified atom stereocenters. The molecular weight excluding hydrogens is 221 g/mol. The molecule has 12 heavy (non-hydrogen) atoms. The van der Waals surface area contributed by atoms with Crippen molar-refractivity contribution in [2.75, 3.05) is 6.54 Å². The van der Waals surface area contributed by atoms with Gasteiger partial charge in [0.05, 0.1) is 4.47 Å². The first kappa shape index (κ1) is 9.42. The molecular formula is C9H9BrFN. The van der Waals surface area contributed by atoms with Crippen molar-refractivity contribution in [2.24, 2.45) is 5.73 Å². The molecule has 0 aliphatic rings. The van der Waals surface area contributed by atoms with Gasteiger partial charge in [0.2, 0.25) is 0 Å². The van der Waals surface area contributed by atoms with E-state index in [1.165, 1.54) is 6.07 Å². The molecule has 0 saturated carbocycles. The summed E-state index contributed by atoms with van der Waals surface area (Å²) in [5.41, 5.74) is 6.84. The van der Waals surface area contributed by atoms with Gasteiger partial charge in [-0.2, -0.15) is 0 Å². The van der Waals surface area contributed by atoms with Crippen LogP contribution in [0.25, 0.3) is 5.57 Å². The molecule has 0 saturated heterocycles. The maximum atomic E-state index is 12.9. The minimum Gasteiger partial charge on any atom is -0.326 e. The van der Waals surface area contributed by atoms with Gasteiger partial charge in [-0.05, 0) is 33.1 Å². The molecule has 0 bridgehead atoms. The van der Waals surface area contributed by atoms with Crippen molar-refractivity contribution < 1.29 is 4.39 Å². The summed E-state index contributed by atoms with van der Waals surface area (Å²) in [7, 11) is 0. The van der Waals surface area contributed by atoms with Crippen LogP contribution in [-0.2, 0) is 0 Å². The Labute approximate surface area is 79.2 Å². The lowest BCUT2D eigenvalue weighted by Crippen LogP contribution is -2.01. The molecule has 0 amide bonds. The second-order valence-electron chi connectivity index (χ2n) is 2.41. The van der Waals surface area contributed by atoms with E-state index in [0.29, 0.717) is 11.0 Å². The zero-order chi connectivity index (χ0) is 9.14. The molecule has 0 spiro atoms. The van der Waals surface area contributed by atoms with Crippen LogP contribution in [0.15, 0.2) is 29.3 Å². The second kappa shape index (κ2) is 3.83. The van der Waals surface area contributed by atoms with Gasteiger partial charge in [0, 0.05) is 6.54 Å². The van der Waals surface area contributed by atoms with Crippen molar-refractivity contribution in [3.05, 3.63) is 40.6 Å². The number of rotatable bonds is 2. The van der Waals surface area contributed by atoms with Gasteiger partial charge in [-0.1, -0.05) is 18.7 Å². The minimum atomic E-state index is -0.290. The minimum absolute atomic E-state index is 0.290. The van der Waals surface area contributed by atoms with Gasteiger partial charge in [0.25, 0.3) is 0 Å². The van der Waals surface area contributed by atoms with Crippen LogP contribution in [-0.4, -0.2) is 6.54 Å². The average molecular weight is 230 g/mol. The maximum Gasteiger partial charge on any atom is 0.137 e. The van der Waals surface area contributed by atoms with Gasteiger partial charge < -0.3 is 5.73 Å². The SMILES string of the molecule is C=C(CN)c1cccc(F)c1Br. The van der Waals surface area contributed by atoms with E-state index in [9.17, 15) is 4.39 Å². The van der Waals surface area contributed by atoms with Gasteiger partial charge in [0.15, 0.2) is 0 Å². The lowest BCUT2D eigenvalue weighted by atomic mass is 10.1. The molecule has 0 aromatic heterocycles. The topological polar surface area (TPSA) is 26.0 Å². The van der Waals surface area contributed by atoms with Crippen LogP contribution in [0.2, 0.25) is 0 Å². The van der Waals surface area contributed by atoms with Crippen molar-refractivity contribution in [3.8, 4) is 0 Å². The highest BCUT2D eigenvalue weighted by Crippen LogP contribution is 2.25. The van der Waals surface area contributed by atoms with Crippen LogP contribution < -0.4 is 5.73 Å². The molecule has 0 atom stereocenters. The van der Waals surface area contributed by atoms with Crippen LogP contribution in [0.4, 0.5) is 4.39 Å². The predicted octanol–water partition coefficient (Wildman–Crippen LogP) is 2.56. The summed E-state index contributed by atoms with van der Waals surface area (Å²) >= 11 is 3.13. The summed E-state index contributed by atoms with van der Waals surface area (Å²) in [6.45, 7) is 4.06. The molecule has 0 radical (unpaired) electrons. The Morgan fingerprint density at radius 1 is 1.58 bits per heavy atom. The smallest absolute Gasteiger partial charge is 0.137 e. The van der Waals surface area contributed by atoms with Crippen LogP contribution in [0, 0.1) is 5.82 Å². The van der Waals surface area contributed by atoms with E-state index in [0.717, 1.165) is 11.1 Å².